The summed E-state index contributed by atoms with van der Waals surface area (Å²) in [6.45, 7) is 0. The van der Waals surface area contributed by atoms with Crippen molar-refractivity contribution in [1.82, 2.24) is 9.97 Å². The van der Waals surface area contributed by atoms with E-state index < -0.39 is 0 Å². The molecule has 0 radical (unpaired) electrons. The topological polar surface area (TPSA) is 90.1 Å². The van der Waals surface area contributed by atoms with Gasteiger partial charge in [0.1, 0.15) is 5.69 Å². The molecule has 0 aliphatic heterocycles. The molecule has 0 unspecified atom stereocenters. The van der Waals surface area contributed by atoms with Crippen molar-refractivity contribution in [2.24, 2.45) is 0 Å². The molecule has 0 saturated heterocycles. The van der Waals surface area contributed by atoms with E-state index >= 15 is 0 Å². The average molecular weight is 398 g/mol. The standard InChI is InChI=1S/C23H18N2O2.CO2/c26-21(23-25-16-22(27-23)20-8-4-5-15-24-20)14-11-17-9-12-19(13-10-17)18-6-2-1-3-7-18;2-1-3/h1-10,12-13,15-16H,11,14H2;. The Morgan fingerprint density at radius 1 is 0.833 bits per heavy atom. The Morgan fingerprint density at radius 3 is 2.17 bits per heavy atom. The first-order valence-corrected chi connectivity index (χ1v) is 9.25. The first-order chi connectivity index (χ1) is 14.7. The number of nitrogens with zero attached hydrogens (tertiary/aromatic N) is 2. The van der Waals surface area contributed by atoms with E-state index in [2.05, 4.69) is 46.4 Å². The number of benzene rings is 2. The Kier molecular flexibility index (Phi) is 7.14. The smallest absolute Gasteiger partial charge is 0.373 e. The van der Waals surface area contributed by atoms with Gasteiger partial charge in [0.2, 0.25) is 5.78 Å². The van der Waals surface area contributed by atoms with E-state index in [0.29, 0.717) is 24.3 Å². The van der Waals surface area contributed by atoms with Crippen LogP contribution in [0.25, 0.3) is 22.6 Å². The molecule has 0 N–H and O–H groups in total. The zero-order valence-corrected chi connectivity index (χ0v) is 16.0. The van der Waals surface area contributed by atoms with Crippen molar-refractivity contribution in [3.05, 3.63) is 96.6 Å². The van der Waals surface area contributed by atoms with Crippen LogP contribution in [-0.4, -0.2) is 21.9 Å². The minimum atomic E-state index is -0.107. The third-order valence-corrected chi connectivity index (χ3v) is 4.36. The number of pyridine rings is 1. The Bertz CT molecular complexity index is 1110. The van der Waals surface area contributed by atoms with Gasteiger partial charge in [-0.15, -0.1) is 0 Å². The molecule has 0 bridgehead atoms. The van der Waals surface area contributed by atoms with E-state index in [4.69, 9.17) is 14.0 Å². The summed E-state index contributed by atoms with van der Waals surface area (Å²) in [5.41, 5.74) is 4.13. The second-order valence-electron chi connectivity index (χ2n) is 6.31. The van der Waals surface area contributed by atoms with Gasteiger partial charge in [0, 0.05) is 12.6 Å². The van der Waals surface area contributed by atoms with Crippen molar-refractivity contribution in [3.8, 4) is 22.6 Å². The van der Waals surface area contributed by atoms with Crippen LogP contribution in [0.4, 0.5) is 0 Å². The summed E-state index contributed by atoms with van der Waals surface area (Å²) >= 11 is 0. The number of aryl methyl sites for hydroxylation is 1. The van der Waals surface area contributed by atoms with Gasteiger partial charge in [-0.2, -0.15) is 9.59 Å². The maximum Gasteiger partial charge on any atom is 0.373 e. The summed E-state index contributed by atoms with van der Waals surface area (Å²) in [6, 6.07) is 24.0. The summed E-state index contributed by atoms with van der Waals surface area (Å²) < 4.78 is 5.57. The van der Waals surface area contributed by atoms with Gasteiger partial charge in [-0.3, -0.25) is 9.78 Å². The molecule has 0 aliphatic rings. The molecular weight excluding hydrogens is 380 g/mol. The molecule has 0 spiro atoms. The summed E-state index contributed by atoms with van der Waals surface area (Å²) in [4.78, 5) is 36.9. The first kappa shape index (κ1) is 20.6. The molecule has 0 fully saturated rings. The minimum absolute atomic E-state index is 0.107. The van der Waals surface area contributed by atoms with Crippen molar-refractivity contribution >= 4 is 11.9 Å². The number of hydrogen-bond donors (Lipinski definition) is 0. The van der Waals surface area contributed by atoms with Gasteiger partial charge in [0.25, 0.3) is 5.89 Å². The van der Waals surface area contributed by atoms with Crippen LogP contribution in [0.2, 0.25) is 0 Å². The van der Waals surface area contributed by atoms with Gasteiger partial charge in [-0.1, -0.05) is 60.7 Å². The highest BCUT2D eigenvalue weighted by Crippen LogP contribution is 2.21. The molecule has 148 valence electrons. The van der Waals surface area contributed by atoms with Gasteiger partial charge < -0.3 is 4.42 Å². The molecule has 0 amide bonds. The number of carbonyl (C=O) groups excluding carboxylic acids is 3. The number of oxazole rings is 1. The van der Waals surface area contributed by atoms with E-state index in [0.717, 1.165) is 5.56 Å². The highest BCUT2D eigenvalue weighted by molar-refractivity contribution is 5.92. The molecule has 2 aromatic carbocycles. The lowest BCUT2D eigenvalue weighted by Gasteiger charge is -2.04. The maximum atomic E-state index is 12.4. The Morgan fingerprint density at radius 2 is 1.50 bits per heavy atom. The molecule has 2 heterocycles. The molecule has 4 aromatic rings. The van der Waals surface area contributed by atoms with Crippen LogP contribution in [0, 0.1) is 0 Å². The fraction of sp³-hybridized carbons (Fsp3) is 0.0833. The van der Waals surface area contributed by atoms with E-state index in [1.807, 2.05) is 36.4 Å². The zero-order valence-electron chi connectivity index (χ0n) is 16.0. The average Bonchev–Trinajstić information content (AvgIpc) is 3.30. The summed E-state index contributed by atoms with van der Waals surface area (Å²) in [6.07, 6.45) is 4.48. The fourth-order valence-corrected chi connectivity index (χ4v) is 2.89. The van der Waals surface area contributed by atoms with Crippen molar-refractivity contribution < 1.29 is 18.8 Å². The molecule has 30 heavy (non-hydrogen) atoms. The second-order valence-corrected chi connectivity index (χ2v) is 6.31. The predicted octanol–water partition coefficient (Wildman–Crippen LogP) is 4.64. The third kappa shape index (κ3) is 5.44. The number of Topliss-reactive ketones (excluding diaryl/α,β-unsaturated/α-hetero) is 1. The van der Waals surface area contributed by atoms with Crippen LogP contribution in [-0.2, 0) is 16.0 Å². The number of aromatic nitrogens is 2. The van der Waals surface area contributed by atoms with Crippen molar-refractivity contribution in [2.45, 2.75) is 12.8 Å². The molecule has 0 aliphatic carbocycles. The molecule has 0 atom stereocenters. The molecule has 4 rings (SSSR count). The van der Waals surface area contributed by atoms with Crippen molar-refractivity contribution in [2.75, 3.05) is 0 Å². The van der Waals surface area contributed by atoms with Crippen LogP contribution < -0.4 is 0 Å². The summed E-state index contributed by atoms with van der Waals surface area (Å²) in [5.74, 6) is 0.534. The quantitative estimate of drug-likeness (QED) is 0.440. The van der Waals surface area contributed by atoms with Crippen molar-refractivity contribution in [1.29, 1.82) is 0 Å². The van der Waals surface area contributed by atoms with Gasteiger partial charge in [0.15, 0.2) is 5.76 Å². The molecular formula is C24H18N2O4. The zero-order chi connectivity index (χ0) is 21.2. The number of hydrogen-bond acceptors (Lipinski definition) is 6. The van der Waals surface area contributed by atoms with Gasteiger partial charge in [0.05, 0.1) is 6.20 Å². The third-order valence-electron chi connectivity index (χ3n) is 4.36. The molecule has 2 aromatic heterocycles. The van der Waals surface area contributed by atoms with E-state index in [1.54, 1.807) is 12.4 Å². The van der Waals surface area contributed by atoms with Gasteiger partial charge >= 0.3 is 6.15 Å². The lowest BCUT2D eigenvalue weighted by atomic mass is 10.0. The van der Waals surface area contributed by atoms with Crippen LogP contribution >= 0.6 is 0 Å². The number of ketones is 1. The Balaban J connectivity index is 0.000000806. The van der Waals surface area contributed by atoms with Crippen LogP contribution in [0.5, 0.6) is 0 Å². The van der Waals surface area contributed by atoms with Crippen LogP contribution in [0.15, 0.2) is 89.6 Å². The van der Waals surface area contributed by atoms with Crippen molar-refractivity contribution in [3.63, 3.8) is 0 Å². The summed E-state index contributed by atoms with van der Waals surface area (Å²) in [7, 11) is 0. The van der Waals surface area contributed by atoms with E-state index in [1.165, 1.54) is 11.1 Å². The SMILES string of the molecule is O=C(CCc1ccc(-c2ccccc2)cc1)c1ncc(-c2ccccn2)o1.O=C=O. The molecule has 0 saturated carbocycles. The normalized spacial score (nSPS) is 9.87. The highest BCUT2D eigenvalue weighted by atomic mass is 16.4. The predicted molar refractivity (Wildman–Crippen MR) is 109 cm³/mol. The Hall–Kier alpha value is -4.15. The van der Waals surface area contributed by atoms with E-state index in [-0.39, 0.29) is 17.8 Å². The van der Waals surface area contributed by atoms with Crippen LogP contribution in [0.1, 0.15) is 22.7 Å². The van der Waals surface area contributed by atoms with Crippen LogP contribution in [0.3, 0.4) is 0 Å². The monoisotopic (exact) mass is 398 g/mol. The first-order valence-electron chi connectivity index (χ1n) is 9.25. The maximum absolute atomic E-state index is 12.4. The Labute approximate surface area is 173 Å². The van der Waals surface area contributed by atoms with Gasteiger partial charge in [-0.05, 0) is 35.2 Å². The van der Waals surface area contributed by atoms with E-state index in [9.17, 15) is 4.79 Å². The lowest BCUT2D eigenvalue weighted by molar-refractivity contribution is -0.191. The number of carbonyl (C=O) groups is 1. The summed E-state index contributed by atoms with van der Waals surface area (Å²) in [5, 5.41) is 0. The van der Waals surface area contributed by atoms with Gasteiger partial charge in [-0.25, -0.2) is 4.98 Å². The lowest BCUT2D eigenvalue weighted by Crippen LogP contribution is -2.01. The second kappa shape index (κ2) is 10.4. The minimum Gasteiger partial charge on any atom is -0.432 e. The largest absolute Gasteiger partial charge is 0.432 e. The number of rotatable bonds is 6. The highest BCUT2D eigenvalue weighted by Gasteiger charge is 2.14. The molecule has 6 nitrogen and oxygen atoms in total. The fourth-order valence-electron chi connectivity index (χ4n) is 2.89. The molecule has 6 heteroatoms.